The number of ether oxygens (including phenoxy) is 4. The largest absolute Gasteiger partial charge is 0.480 e. The topological polar surface area (TPSA) is 424 Å². The quantitative estimate of drug-likeness (QED) is 0.0861. The minimum Gasteiger partial charge on any atom is -0.480 e. The Morgan fingerprint density at radius 1 is 0.927 bits per heavy atom. The first-order valence-corrected chi connectivity index (χ1v) is 19.1. The Hall–Kier alpha value is -2.28. The SMILES string of the molecule is CC1(C)[C@H](C(=O)O)N2C(=O)C[C@H]2S1(=O)=O.NCC[C@H](O)C(=O)N[C@@H]1C[C@H](N)[C@@H](O[C@H]2O[C@H](CN)[C@@H](O)[C@H](O)[C@H]2O)[C@H](O)[C@H]1O[C@H]1O[C@H](CO)[C@@H](O)[C@H](N)[C@H]1O. The molecule has 318 valence electrons. The van der Waals surface area contributed by atoms with E-state index in [0.29, 0.717) is 0 Å². The molecule has 25 heteroatoms. The van der Waals surface area contributed by atoms with Crippen LogP contribution in [0.3, 0.4) is 0 Å². The van der Waals surface area contributed by atoms with Crippen molar-refractivity contribution in [3.8, 4) is 0 Å². The van der Waals surface area contributed by atoms with Gasteiger partial charge in [0.2, 0.25) is 11.8 Å². The molecule has 55 heavy (non-hydrogen) atoms. The summed E-state index contributed by atoms with van der Waals surface area (Å²) in [6, 6.07) is -4.71. The zero-order valence-electron chi connectivity index (χ0n) is 30.0. The number of amides is 2. The Bertz CT molecular complexity index is 1480. The van der Waals surface area contributed by atoms with Gasteiger partial charge in [-0.3, -0.25) is 9.59 Å². The number of fused-ring (bicyclic) bond motifs is 1. The summed E-state index contributed by atoms with van der Waals surface area (Å²) in [5.41, 5.74) is 23.1. The maximum absolute atomic E-state index is 12.6. The van der Waals surface area contributed by atoms with E-state index in [9.17, 15) is 63.7 Å². The number of carboxylic acid groups (broad SMARTS) is 1. The highest BCUT2D eigenvalue weighted by atomic mass is 32.2. The predicted molar refractivity (Wildman–Crippen MR) is 181 cm³/mol. The third-order valence-corrected chi connectivity index (χ3v) is 13.5. The van der Waals surface area contributed by atoms with E-state index in [-0.39, 0.29) is 32.4 Å². The fourth-order valence-electron chi connectivity index (χ4n) is 7.30. The molecule has 4 saturated heterocycles. The molecule has 4 aliphatic heterocycles. The summed E-state index contributed by atoms with van der Waals surface area (Å²) in [5, 5.41) is 92.9. The summed E-state index contributed by atoms with van der Waals surface area (Å²) in [4.78, 5) is 35.7. The molecule has 2 amide bonds. The Labute approximate surface area is 315 Å². The molecule has 0 bridgehead atoms. The average Bonchev–Trinajstić information content (AvgIpc) is 3.25. The van der Waals surface area contributed by atoms with E-state index >= 15 is 0 Å². The molecular formula is C30H54N6O18S. The zero-order chi connectivity index (χ0) is 41.5. The van der Waals surface area contributed by atoms with Crippen LogP contribution in [0.25, 0.3) is 0 Å². The molecule has 0 unspecified atom stereocenters. The first-order valence-electron chi connectivity index (χ1n) is 17.5. The lowest BCUT2D eigenvalue weighted by atomic mass is 9.83. The van der Waals surface area contributed by atoms with Gasteiger partial charge in [0.1, 0.15) is 78.6 Å². The summed E-state index contributed by atoms with van der Waals surface area (Å²) in [6.07, 6.45) is -19.9. The smallest absolute Gasteiger partial charge is 0.328 e. The molecular weight excluding hydrogens is 764 g/mol. The van der Waals surface area contributed by atoms with Crippen LogP contribution in [0.1, 0.15) is 33.1 Å². The molecule has 0 aromatic heterocycles. The number of hydrogen-bond acceptors (Lipinski definition) is 21. The standard InChI is InChI=1S/C22H43N5O13.C8H11NO5S/c23-2-1-8(29)20(36)27-7-3-6(25)18(39-22-16(34)15(33)13(31)9(4-24)37-22)17(35)19(7)40-21-14(32)11(26)12(30)10(5-28)38-21;1-8(2)6(7(11)12)9-4(10)3-5(9)15(8,13)14/h6-19,21-22,28-35H,1-5,23-26H2,(H,27,36);5-6H,3H2,1-2H3,(H,11,12)/t6-,7+,8-,9+,10+,11-,12+,13+,14+,15-,16+,17-,18+,19-,21+,22+;5-,6+/m01/s1. The van der Waals surface area contributed by atoms with Crippen molar-refractivity contribution in [2.45, 2.75) is 147 Å². The van der Waals surface area contributed by atoms with Gasteiger partial charge in [-0.15, -0.1) is 0 Å². The summed E-state index contributed by atoms with van der Waals surface area (Å²) in [7, 11) is -3.57. The lowest BCUT2D eigenvalue weighted by Crippen LogP contribution is -2.69. The van der Waals surface area contributed by atoms with Gasteiger partial charge in [0.15, 0.2) is 22.4 Å². The molecule has 0 aromatic carbocycles. The molecule has 0 aromatic rings. The van der Waals surface area contributed by atoms with E-state index in [2.05, 4.69) is 5.32 Å². The molecule has 5 aliphatic rings. The number of aliphatic carboxylic acids is 1. The second-order valence-corrected chi connectivity index (χ2v) is 17.4. The van der Waals surface area contributed by atoms with Crippen molar-refractivity contribution in [3.05, 3.63) is 0 Å². The highest BCUT2D eigenvalue weighted by Crippen LogP contribution is 2.45. The maximum Gasteiger partial charge on any atom is 0.328 e. The summed E-state index contributed by atoms with van der Waals surface area (Å²) >= 11 is 0. The van der Waals surface area contributed by atoms with Gasteiger partial charge in [-0.25, -0.2) is 13.2 Å². The van der Waals surface area contributed by atoms with E-state index in [0.717, 1.165) is 4.90 Å². The van der Waals surface area contributed by atoms with Gasteiger partial charge in [-0.2, -0.15) is 0 Å². The predicted octanol–water partition coefficient (Wildman–Crippen LogP) is -9.22. The number of carbonyl (C=O) groups is 3. The number of sulfone groups is 1. The van der Waals surface area contributed by atoms with Crippen LogP contribution in [0.15, 0.2) is 0 Å². The number of β-lactam (4-membered cyclic amide) rings is 1. The highest BCUT2D eigenvalue weighted by molar-refractivity contribution is 7.93. The molecule has 4 heterocycles. The molecule has 0 spiro atoms. The minimum atomic E-state index is -3.57. The molecule has 24 nitrogen and oxygen atoms in total. The van der Waals surface area contributed by atoms with Crippen LogP contribution >= 0.6 is 0 Å². The number of rotatable bonds is 11. The summed E-state index contributed by atoms with van der Waals surface area (Å²) in [5.74, 6) is -2.51. The molecule has 1 saturated carbocycles. The van der Waals surface area contributed by atoms with E-state index in [4.69, 9.17) is 47.0 Å². The number of nitrogens with two attached hydrogens (primary N) is 4. The average molecular weight is 819 g/mol. The number of carboxylic acids is 1. The second kappa shape index (κ2) is 17.7. The Morgan fingerprint density at radius 2 is 1.51 bits per heavy atom. The normalized spacial score (nSPS) is 44.0. The van der Waals surface area contributed by atoms with Gasteiger partial charge >= 0.3 is 5.97 Å². The first-order chi connectivity index (χ1) is 25.6. The van der Waals surface area contributed by atoms with Crippen molar-refractivity contribution in [2.24, 2.45) is 22.9 Å². The number of hydrogen-bond donors (Lipinski definition) is 14. The summed E-state index contributed by atoms with van der Waals surface area (Å²) in [6.45, 7) is 1.81. The molecule has 1 aliphatic carbocycles. The third-order valence-electron chi connectivity index (χ3n) is 10.7. The van der Waals surface area contributed by atoms with E-state index in [1.165, 1.54) is 13.8 Å². The maximum atomic E-state index is 12.6. The lowest BCUT2D eigenvalue weighted by molar-refractivity contribution is -0.332. The van der Waals surface area contributed by atoms with Gasteiger partial charge in [0, 0.05) is 12.6 Å². The third kappa shape index (κ3) is 8.63. The van der Waals surface area contributed by atoms with Crippen LogP contribution in [0.4, 0.5) is 0 Å². The monoisotopic (exact) mass is 818 g/mol. The molecule has 18 atom stereocenters. The fraction of sp³-hybridized carbons (Fsp3) is 0.900. The lowest BCUT2D eigenvalue weighted by Gasteiger charge is -2.49. The van der Waals surface area contributed by atoms with Crippen molar-refractivity contribution >= 4 is 27.6 Å². The van der Waals surface area contributed by atoms with Crippen LogP contribution in [0.2, 0.25) is 0 Å². The molecule has 0 radical (unpaired) electrons. The number of aliphatic hydroxyl groups is 8. The van der Waals surface area contributed by atoms with Gasteiger partial charge in [0.25, 0.3) is 0 Å². The molecule has 18 N–H and O–H groups in total. The molecule has 5 fully saturated rings. The van der Waals surface area contributed by atoms with Gasteiger partial charge in [-0.05, 0) is 33.2 Å². The van der Waals surface area contributed by atoms with Gasteiger partial charge < -0.3 is 98.1 Å². The van der Waals surface area contributed by atoms with Gasteiger partial charge in [-0.1, -0.05) is 0 Å². The number of nitrogens with zero attached hydrogens (tertiary/aromatic N) is 1. The van der Waals surface area contributed by atoms with Crippen LogP contribution in [-0.4, -0.2) is 211 Å². The van der Waals surface area contributed by atoms with Crippen LogP contribution in [0.5, 0.6) is 0 Å². The Balaban J connectivity index is 0.000000371. The van der Waals surface area contributed by atoms with Crippen molar-refractivity contribution in [1.82, 2.24) is 10.2 Å². The zero-order valence-corrected chi connectivity index (χ0v) is 30.8. The van der Waals surface area contributed by atoms with E-state index in [1.54, 1.807) is 0 Å². The minimum absolute atomic E-state index is 0.0101. The van der Waals surface area contributed by atoms with Crippen molar-refractivity contribution in [1.29, 1.82) is 0 Å². The van der Waals surface area contributed by atoms with Crippen LogP contribution < -0.4 is 28.3 Å². The van der Waals surface area contributed by atoms with E-state index in [1.807, 2.05) is 0 Å². The first kappa shape index (κ1) is 45.4. The summed E-state index contributed by atoms with van der Waals surface area (Å²) < 4.78 is 44.9. The Kier molecular flexibility index (Phi) is 14.6. The Morgan fingerprint density at radius 3 is 2.04 bits per heavy atom. The van der Waals surface area contributed by atoms with Crippen molar-refractivity contribution in [2.75, 3.05) is 19.7 Å². The van der Waals surface area contributed by atoms with Crippen LogP contribution in [-0.2, 0) is 43.2 Å². The molecule has 5 rings (SSSR count). The van der Waals surface area contributed by atoms with E-state index < -0.39 is 148 Å². The second-order valence-electron chi connectivity index (χ2n) is 14.7. The van der Waals surface area contributed by atoms with Gasteiger partial charge in [0.05, 0.1) is 29.9 Å². The van der Waals surface area contributed by atoms with Crippen LogP contribution in [0, 0.1) is 0 Å². The highest BCUT2D eigenvalue weighted by Gasteiger charge is 2.68. The number of nitrogens with one attached hydrogen (secondary N) is 1. The van der Waals surface area contributed by atoms with Crippen molar-refractivity contribution < 1.29 is 87.7 Å². The number of aliphatic hydroxyl groups excluding tert-OH is 8. The van der Waals surface area contributed by atoms with Crippen molar-refractivity contribution in [3.63, 3.8) is 0 Å². The number of carbonyl (C=O) groups excluding carboxylic acids is 2. The fourth-order valence-corrected chi connectivity index (χ4v) is 9.42.